The van der Waals surface area contributed by atoms with Crippen molar-refractivity contribution in [3.8, 4) is 0 Å². The van der Waals surface area contributed by atoms with Gasteiger partial charge >= 0.3 is 0 Å². The monoisotopic (exact) mass is 287 g/mol. The van der Waals surface area contributed by atoms with Gasteiger partial charge in [0.15, 0.2) is 5.82 Å². The van der Waals surface area contributed by atoms with Crippen molar-refractivity contribution in [3.63, 3.8) is 0 Å². The van der Waals surface area contributed by atoms with Crippen molar-refractivity contribution >= 4 is 22.9 Å². The van der Waals surface area contributed by atoms with E-state index < -0.39 is 0 Å². The first-order valence-electron chi connectivity index (χ1n) is 5.48. The van der Waals surface area contributed by atoms with Crippen LogP contribution in [0.5, 0.6) is 0 Å². The number of methoxy groups -OCH3 is 1. The molecule has 0 unspecified atom stereocenters. The average Bonchev–Trinajstić information content (AvgIpc) is 2.96. The molecule has 0 aliphatic heterocycles. The zero-order valence-electron chi connectivity index (χ0n) is 10.1. The number of nitrogens with one attached hydrogen (secondary N) is 1. The largest absolute Gasteiger partial charge is 0.377 e. The number of thiophene rings is 1. The molecule has 2 aromatic rings. The van der Waals surface area contributed by atoms with Crippen LogP contribution in [0.4, 0.5) is 0 Å². The lowest BCUT2D eigenvalue weighted by molar-refractivity contribution is 0.174. The van der Waals surface area contributed by atoms with Crippen molar-refractivity contribution in [3.05, 3.63) is 33.1 Å². The smallest absolute Gasteiger partial charge is 0.240 e. The predicted octanol–water partition coefficient (Wildman–Crippen LogP) is 2.78. The van der Waals surface area contributed by atoms with Crippen molar-refractivity contribution < 1.29 is 9.26 Å². The summed E-state index contributed by atoms with van der Waals surface area (Å²) in [6.45, 7) is 2.95. The standard InChI is InChI=1S/C11H14ClN3O2S/c1-7(8-3-4-9(12)18-8)13-5-11-14-10(6-16-2)15-17-11/h3-4,7,13H,5-6H2,1-2H3/t7-/m0/s1. The fraction of sp³-hybridized carbons (Fsp3) is 0.455. The molecule has 0 bridgehead atoms. The Labute approximate surface area is 114 Å². The van der Waals surface area contributed by atoms with Gasteiger partial charge in [0.2, 0.25) is 5.89 Å². The third-order valence-electron chi connectivity index (χ3n) is 2.36. The molecule has 0 spiro atoms. The van der Waals surface area contributed by atoms with Crippen LogP contribution in [0.2, 0.25) is 4.34 Å². The average molecular weight is 288 g/mol. The molecular formula is C11H14ClN3O2S. The van der Waals surface area contributed by atoms with Gasteiger partial charge in [-0.15, -0.1) is 11.3 Å². The van der Waals surface area contributed by atoms with Crippen LogP contribution in [0, 0.1) is 0 Å². The SMILES string of the molecule is COCc1noc(CN[C@@H](C)c2ccc(Cl)s2)n1. The lowest BCUT2D eigenvalue weighted by Gasteiger charge is -2.09. The maximum atomic E-state index is 5.90. The number of rotatable bonds is 6. The van der Waals surface area contributed by atoms with Crippen LogP contribution in [0.25, 0.3) is 0 Å². The van der Waals surface area contributed by atoms with E-state index >= 15 is 0 Å². The number of nitrogens with zero attached hydrogens (tertiary/aromatic N) is 2. The van der Waals surface area contributed by atoms with Gasteiger partial charge < -0.3 is 14.6 Å². The predicted molar refractivity (Wildman–Crippen MR) is 69.6 cm³/mol. The molecule has 98 valence electrons. The van der Waals surface area contributed by atoms with Crippen molar-refractivity contribution in [2.24, 2.45) is 0 Å². The van der Waals surface area contributed by atoms with Crippen LogP contribution in [-0.2, 0) is 17.9 Å². The highest BCUT2D eigenvalue weighted by molar-refractivity contribution is 7.16. The molecule has 0 aromatic carbocycles. The number of hydrogen-bond donors (Lipinski definition) is 1. The highest BCUT2D eigenvalue weighted by Crippen LogP contribution is 2.26. The molecule has 7 heteroatoms. The first kappa shape index (κ1) is 13.5. The van der Waals surface area contributed by atoms with Gasteiger partial charge in [-0.3, -0.25) is 0 Å². The minimum atomic E-state index is 0.195. The van der Waals surface area contributed by atoms with Crippen LogP contribution in [0.1, 0.15) is 29.6 Å². The Morgan fingerprint density at radius 3 is 3.06 bits per heavy atom. The van der Waals surface area contributed by atoms with Gasteiger partial charge in [0.25, 0.3) is 0 Å². The van der Waals surface area contributed by atoms with E-state index in [0.29, 0.717) is 24.9 Å². The van der Waals surface area contributed by atoms with Crippen molar-refractivity contribution in [1.29, 1.82) is 0 Å². The molecule has 1 N–H and O–H groups in total. The van der Waals surface area contributed by atoms with Crippen LogP contribution in [0.3, 0.4) is 0 Å². The molecule has 0 amide bonds. The minimum absolute atomic E-state index is 0.195. The molecule has 2 heterocycles. The lowest BCUT2D eigenvalue weighted by Crippen LogP contribution is -2.17. The Bertz CT molecular complexity index is 500. The summed E-state index contributed by atoms with van der Waals surface area (Å²) in [5.74, 6) is 1.11. The van der Waals surface area contributed by atoms with E-state index in [0.717, 1.165) is 4.34 Å². The molecule has 2 aromatic heterocycles. The summed E-state index contributed by atoms with van der Waals surface area (Å²) >= 11 is 7.46. The van der Waals surface area contributed by atoms with Gasteiger partial charge in [0, 0.05) is 18.0 Å². The molecule has 0 saturated carbocycles. The maximum Gasteiger partial charge on any atom is 0.240 e. The van der Waals surface area contributed by atoms with Gasteiger partial charge in [-0.05, 0) is 19.1 Å². The summed E-state index contributed by atoms with van der Waals surface area (Å²) in [6, 6.07) is 4.10. The molecular weight excluding hydrogens is 274 g/mol. The van der Waals surface area contributed by atoms with E-state index in [1.54, 1.807) is 18.4 Å². The topological polar surface area (TPSA) is 60.2 Å². The Morgan fingerprint density at radius 1 is 1.56 bits per heavy atom. The Hall–Kier alpha value is -0.950. The van der Waals surface area contributed by atoms with Crippen molar-refractivity contribution in [1.82, 2.24) is 15.5 Å². The lowest BCUT2D eigenvalue weighted by atomic mass is 10.3. The van der Waals surface area contributed by atoms with Gasteiger partial charge in [0.05, 0.1) is 10.9 Å². The highest BCUT2D eigenvalue weighted by atomic mass is 35.5. The second kappa shape index (κ2) is 6.29. The summed E-state index contributed by atoms with van der Waals surface area (Å²) in [5.41, 5.74) is 0. The van der Waals surface area contributed by atoms with Gasteiger partial charge in [-0.1, -0.05) is 16.8 Å². The van der Waals surface area contributed by atoms with E-state index in [4.69, 9.17) is 20.9 Å². The van der Waals surface area contributed by atoms with Gasteiger partial charge in [-0.25, -0.2) is 0 Å². The zero-order valence-corrected chi connectivity index (χ0v) is 11.7. The fourth-order valence-corrected chi connectivity index (χ4v) is 2.54. The Morgan fingerprint density at radius 2 is 2.39 bits per heavy atom. The van der Waals surface area contributed by atoms with Crippen LogP contribution >= 0.6 is 22.9 Å². The first-order valence-corrected chi connectivity index (χ1v) is 6.67. The Kier molecular flexibility index (Phi) is 4.71. The van der Waals surface area contributed by atoms with E-state index in [2.05, 4.69) is 22.4 Å². The van der Waals surface area contributed by atoms with Gasteiger partial charge in [-0.2, -0.15) is 4.98 Å². The summed E-state index contributed by atoms with van der Waals surface area (Å²) in [4.78, 5) is 5.36. The van der Waals surface area contributed by atoms with Crippen LogP contribution < -0.4 is 5.32 Å². The zero-order chi connectivity index (χ0) is 13.0. The van der Waals surface area contributed by atoms with E-state index in [1.807, 2.05) is 12.1 Å². The normalized spacial score (nSPS) is 12.8. The van der Waals surface area contributed by atoms with E-state index in [9.17, 15) is 0 Å². The quantitative estimate of drug-likeness (QED) is 0.885. The number of ether oxygens (including phenoxy) is 1. The highest BCUT2D eigenvalue weighted by Gasteiger charge is 2.10. The number of halogens is 1. The summed E-state index contributed by atoms with van der Waals surface area (Å²) in [6.07, 6.45) is 0. The molecule has 0 aliphatic rings. The third-order valence-corrected chi connectivity index (χ3v) is 3.78. The number of aromatic nitrogens is 2. The second-order valence-corrected chi connectivity index (χ2v) is 5.53. The summed E-state index contributed by atoms with van der Waals surface area (Å²) in [7, 11) is 1.59. The van der Waals surface area contributed by atoms with Crippen molar-refractivity contribution in [2.45, 2.75) is 26.1 Å². The second-order valence-electron chi connectivity index (χ2n) is 3.78. The maximum absolute atomic E-state index is 5.90. The molecule has 2 rings (SSSR count). The van der Waals surface area contributed by atoms with E-state index in [-0.39, 0.29) is 6.04 Å². The first-order chi connectivity index (χ1) is 8.69. The van der Waals surface area contributed by atoms with Crippen molar-refractivity contribution in [2.75, 3.05) is 7.11 Å². The fourth-order valence-electron chi connectivity index (χ4n) is 1.45. The van der Waals surface area contributed by atoms with Crippen LogP contribution in [0.15, 0.2) is 16.7 Å². The summed E-state index contributed by atoms with van der Waals surface area (Å²) in [5, 5.41) is 7.09. The summed E-state index contributed by atoms with van der Waals surface area (Å²) < 4.78 is 10.8. The molecule has 0 saturated heterocycles. The van der Waals surface area contributed by atoms with E-state index in [1.165, 1.54) is 4.88 Å². The third kappa shape index (κ3) is 3.52. The minimum Gasteiger partial charge on any atom is -0.377 e. The van der Waals surface area contributed by atoms with Crippen LogP contribution in [-0.4, -0.2) is 17.3 Å². The molecule has 1 atom stereocenters. The molecule has 0 aliphatic carbocycles. The Balaban J connectivity index is 1.86. The molecule has 0 radical (unpaired) electrons. The molecule has 18 heavy (non-hydrogen) atoms. The number of hydrogen-bond acceptors (Lipinski definition) is 6. The molecule has 0 fully saturated rings. The molecule has 5 nitrogen and oxygen atoms in total. The van der Waals surface area contributed by atoms with Gasteiger partial charge in [0.1, 0.15) is 6.61 Å².